The summed E-state index contributed by atoms with van der Waals surface area (Å²) in [6, 6.07) is 0.502. The molecule has 1 aliphatic carbocycles. The molecule has 4 rings (SSSR count). The van der Waals surface area contributed by atoms with Gasteiger partial charge >= 0.3 is 0 Å². The highest BCUT2D eigenvalue weighted by molar-refractivity contribution is 5.81. The highest BCUT2D eigenvalue weighted by Gasteiger charge is 2.37. The van der Waals surface area contributed by atoms with E-state index in [0.717, 1.165) is 77.1 Å². The van der Waals surface area contributed by atoms with E-state index in [9.17, 15) is 9.59 Å². The molecule has 3 heterocycles. The van der Waals surface area contributed by atoms with Gasteiger partial charge in [-0.3, -0.25) is 14.5 Å². The van der Waals surface area contributed by atoms with Crippen LogP contribution in [-0.4, -0.2) is 80.5 Å². The van der Waals surface area contributed by atoms with E-state index in [2.05, 4.69) is 26.9 Å². The van der Waals surface area contributed by atoms with Crippen LogP contribution in [0, 0.1) is 11.8 Å². The van der Waals surface area contributed by atoms with Gasteiger partial charge in [0.1, 0.15) is 6.33 Å². The van der Waals surface area contributed by atoms with Crippen molar-refractivity contribution in [1.82, 2.24) is 29.5 Å². The Bertz CT molecular complexity index is 723. The second-order valence-electron chi connectivity index (χ2n) is 8.89. The number of piperidine rings is 2. The average Bonchev–Trinajstić information content (AvgIpc) is 3.52. The van der Waals surface area contributed by atoms with E-state index >= 15 is 0 Å². The van der Waals surface area contributed by atoms with E-state index in [1.807, 2.05) is 11.6 Å². The molecular weight excluding hydrogens is 368 g/mol. The summed E-state index contributed by atoms with van der Waals surface area (Å²) >= 11 is 0. The second kappa shape index (κ2) is 8.81. The maximum atomic E-state index is 13.1. The number of amides is 2. The summed E-state index contributed by atoms with van der Waals surface area (Å²) in [5.74, 6) is 1.79. The molecule has 0 spiro atoms. The van der Waals surface area contributed by atoms with Crippen LogP contribution in [0.5, 0.6) is 0 Å². The number of hydrogen-bond donors (Lipinski definition) is 0. The van der Waals surface area contributed by atoms with Crippen molar-refractivity contribution >= 4 is 11.8 Å². The minimum atomic E-state index is 0.0536. The molecule has 2 saturated heterocycles. The molecule has 0 aromatic carbocycles. The number of carbonyl (C=O) groups is 2. The van der Waals surface area contributed by atoms with Crippen molar-refractivity contribution in [3.63, 3.8) is 0 Å². The van der Waals surface area contributed by atoms with E-state index in [-0.39, 0.29) is 11.8 Å². The summed E-state index contributed by atoms with van der Waals surface area (Å²) in [5, 5.41) is 8.12. The first-order chi connectivity index (χ1) is 14.1. The second-order valence-corrected chi connectivity index (χ2v) is 8.89. The SMILES string of the molecule is CCn1cnnc1CN(C)C(=O)[C@@H]1CCCN(C2CCN(C(=O)C3CC3)CC2)C1. The molecule has 1 atom stereocenters. The number of carbonyl (C=O) groups excluding carboxylic acids is 2. The molecule has 0 radical (unpaired) electrons. The van der Waals surface area contributed by atoms with Gasteiger partial charge in [0.15, 0.2) is 5.82 Å². The van der Waals surface area contributed by atoms with Crippen molar-refractivity contribution in [2.24, 2.45) is 11.8 Å². The first-order valence-corrected chi connectivity index (χ1v) is 11.2. The summed E-state index contributed by atoms with van der Waals surface area (Å²) < 4.78 is 1.98. The maximum absolute atomic E-state index is 13.1. The Morgan fingerprint density at radius 2 is 1.86 bits per heavy atom. The molecule has 0 unspecified atom stereocenters. The molecule has 8 heteroatoms. The number of aromatic nitrogens is 3. The Balaban J connectivity index is 1.28. The molecule has 2 aliphatic heterocycles. The third-order valence-corrected chi connectivity index (χ3v) is 6.81. The molecule has 160 valence electrons. The fourth-order valence-corrected chi connectivity index (χ4v) is 4.85. The normalized spacial score (nSPS) is 23.9. The third kappa shape index (κ3) is 4.63. The van der Waals surface area contributed by atoms with Gasteiger partial charge in [0.2, 0.25) is 11.8 Å². The van der Waals surface area contributed by atoms with Gasteiger partial charge in [0.25, 0.3) is 0 Å². The Kier molecular flexibility index (Phi) is 6.18. The van der Waals surface area contributed by atoms with E-state index < -0.39 is 0 Å². The summed E-state index contributed by atoms with van der Waals surface area (Å²) in [5.41, 5.74) is 0. The first kappa shape index (κ1) is 20.3. The first-order valence-electron chi connectivity index (χ1n) is 11.2. The van der Waals surface area contributed by atoms with Gasteiger partial charge in [0, 0.05) is 45.2 Å². The van der Waals surface area contributed by atoms with Gasteiger partial charge in [-0.15, -0.1) is 10.2 Å². The van der Waals surface area contributed by atoms with Crippen LogP contribution in [0.4, 0.5) is 0 Å². The summed E-state index contributed by atoms with van der Waals surface area (Å²) in [6.07, 6.45) is 7.98. The molecule has 29 heavy (non-hydrogen) atoms. The Morgan fingerprint density at radius 3 is 2.55 bits per heavy atom. The lowest BCUT2D eigenvalue weighted by Crippen LogP contribution is -2.51. The van der Waals surface area contributed by atoms with Crippen molar-refractivity contribution < 1.29 is 9.59 Å². The van der Waals surface area contributed by atoms with Crippen molar-refractivity contribution in [3.8, 4) is 0 Å². The van der Waals surface area contributed by atoms with Crippen molar-refractivity contribution in [2.75, 3.05) is 33.2 Å². The smallest absolute Gasteiger partial charge is 0.227 e. The highest BCUT2D eigenvalue weighted by Crippen LogP contribution is 2.32. The van der Waals surface area contributed by atoms with Crippen LogP contribution >= 0.6 is 0 Å². The molecule has 1 saturated carbocycles. The van der Waals surface area contributed by atoms with Crippen LogP contribution in [0.1, 0.15) is 51.3 Å². The molecule has 3 fully saturated rings. The Labute approximate surface area is 173 Å². The van der Waals surface area contributed by atoms with Crippen LogP contribution in [0.15, 0.2) is 6.33 Å². The molecule has 3 aliphatic rings. The zero-order valence-electron chi connectivity index (χ0n) is 17.8. The number of rotatable bonds is 6. The standard InChI is InChI=1S/C21H34N6O2/c1-3-25-15-22-23-19(25)14-24(2)20(28)17-5-4-10-27(13-17)18-8-11-26(12-9-18)21(29)16-6-7-16/h15-18H,3-14H2,1-2H3/t17-/m1/s1. The van der Waals surface area contributed by atoms with Gasteiger partial charge < -0.3 is 14.4 Å². The lowest BCUT2D eigenvalue weighted by Gasteiger charge is -2.42. The molecule has 8 nitrogen and oxygen atoms in total. The quantitative estimate of drug-likeness (QED) is 0.718. The van der Waals surface area contributed by atoms with Gasteiger partial charge in [-0.2, -0.15) is 0 Å². The number of aryl methyl sites for hydroxylation is 1. The van der Waals surface area contributed by atoms with Gasteiger partial charge in [-0.1, -0.05) is 0 Å². The highest BCUT2D eigenvalue weighted by atomic mass is 16.2. The number of hydrogen-bond acceptors (Lipinski definition) is 5. The van der Waals surface area contributed by atoms with Crippen molar-refractivity contribution in [3.05, 3.63) is 12.2 Å². The van der Waals surface area contributed by atoms with E-state index in [1.165, 1.54) is 0 Å². The third-order valence-electron chi connectivity index (χ3n) is 6.81. The largest absolute Gasteiger partial charge is 0.342 e. The minimum Gasteiger partial charge on any atom is -0.342 e. The van der Waals surface area contributed by atoms with E-state index in [0.29, 0.717) is 24.4 Å². The molecule has 0 N–H and O–H groups in total. The van der Waals surface area contributed by atoms with Gasteiger partial charge in [-0.05, 0) is 52.0 Å². The fourth-order valence-electron chi connectivity index (χ4n) is 4.85. The van der Waals surface area contributed by atoms with Crippen LogP contribution in [0.2, 0.25) is 0 Å². The number of nitrogens with zero attached hydrogens (tertiary/aromatic N) is 6. The zero-order chi connectivity index (χ0) is 20.4. The van der Waals surface area contributed by atoms with Crippen LogP contribution in [0.3, 0.4) is 0 Å². The van der Waals surface area contributed by atoms with Crippen LogP contribution < -0.4 is 0 Å². The summed E-state index contributed by atoms with van der Waals surface area (Å²) in [7, 11) is 1.87. The monoisotopic (exact) mass is 402 g/mol. The predicted molar refractivity (Wildman–Crippen MR) is 109 cm³/mol. The van der Waals surface area contributed by atoms with Crippen LogP contribution in [-0.2, 0) is 22.7 Å². The average molecular weight is 403 g/mol. The Morgan fingerprint density at radius 1 is 1.10 bits per heavy atom. The van der Waals surface area contributed by atoms with Gasteiger partial charge in [0.05, 0.1) is 12.5 Å². The Hall–Kier alpha value is -1.96. The lowest BCUT2D eigenvalue weighted by atomic mass is 9.93. The minimum absolute atomic E-state index is 0.0536. The fraction of sp³-hybridized carbons (Fsp3) is 0.810. The predicted octanol–water partition coefficient (Wildman–Crippen LogP) is 1.37. The van der Waals surface area contributed by atoms with E-state index in [4.69, 9.17) is 0 Å². The topological polar surface area (TPSA) is 74.6 Å². The van der Waals surface area contributed by atoms with Gasteiger partial charge in [-0.25, -0.2) is 0 Å². The molecule has 0 bridgehead atoms. The molecule has 2 amide bonds. The lowest BCUT2D eigenvalue weighted by molar-refractivity contribution is -0.137. The molecular formula is C21H34N6O2. The van der Waals surface area contributed by atoms with Crippen molar-refractivity contribution in [2.45, 2.75) is 64.6 Å². The van der Waals surface area contributed by atoms with Crippen molar-refractivity contribution in [1.29, 1.82) is 0 Å². The molecule has 1 aromatic rings. The zero-order valence-corrected chi connectivity index (χ0v) is 17.8. The summed E-state index contributed by atoms with van der Waals surface area (Å²) in [6.45, 7) is 7.03. The van der Waals surface area contributed by atoms with E-state index in [1.54, 1.807) is 11.2 Å². The maximum Gasteiger partial charge on any atom is 0.227 e. The molecule has 1 aromatic heterocycles. The summed E-state index contributed by atoms with van der Waals surface area (Å²) in [4.78, 5) is 31.7. The number of likely N-dealkylation sites (tertiary alicyclic amines) is 2. The van der Waals surface area contributed by atoms with Crippen LogP contribution in [0.25, 0.3) is 0 Å².